The van der Waals surface area contributed by atoms with Gasteiger partial charge in [0.15, 0.2) is 11.5 Å². The van der Waals surface area contributed by atoms with Gasteiger partial charge in [-0.1, -0.05) is 6.07 Å². The summed E-state index contributed by atoms with van der Waals surface area (Å²) in [5.41, 5.74) is 0.740. The molecule has 172 valence electrons. The molecule has 10 heteroatoms. The Morgan fingerprint density at radius 2 is 1.97 bits per heavy atom. The first kappa shape index (κ1) is 23.1. The molecule has 2 aromatic carbocycles. The summed E-state index contributed by atoms with van der Waals surface area (Å²) >= 11 is 2.28. The summed E-state index contributed by atoms with van der Waals surface area (Å²) in [4.78, 5) is 39.5. The number of hydrogen-bond donors (Lipinski definition) is 1. The van der Waals surface area contributed by atoms with Crippen LogP contribution in [0, 0.1) is 0 Å². The fourth-order valence-corrected chi connectivity index (χ4v) is 4.75. The second kappa shape index (κ2) is 10.7. The quantitative estimate of drug-likeness (QED) is 0.423. The van der Waals surface area contributed by atoms with Gasteiger partial charge in [0.1, 0.15) is 5.75 Å². The highest BCUT2D eigenvalue weighted by Gasteiger charge is 2.34. The second-order valence-corrected chi connectivity index (χ2v) is 9.03. The molecule has 0 aromatic heterocycles. The van der Waals surface area contributed by atoms with Crippen LogP contribution in [-0.4, -0.2) is 54.2 Å². The lowest BCUT2D eigenvalue weighted by Crippen LogP contribution is -2.37. The van der Waals surface area contributed by atoms with Gasteiger partial charge in [0.25, 0.3) is 11.1 Å². The van der Waals surface area contributed by atoms with Crippen molar-refractivity contribution in [1.82, 2.24) is 10.2 Å². The Balaban J connectivity index is 1.24. The topological polar surface area (TPSA) is 94.2 Å². The Morgan fingerprint density at radius 3 is 2.76 bits per heavy atom. The van der Waals surface area contributed by atoms with Crippen LogP contribution in [0.25, 0.3) is 6.08 Å². The first-order valence-corrected chi connectivity index (χ1v) is 12.1. The van der Waals surface area contributed by atoms with Crippen LogP contribution in [0.4, 0.5) is 4.79 Å². The summed E-state index contributed by atoms with van der Waals surface area (Å²) in [6.07, 6.45) is 1.65. The number of imide groups is 1. The van der Waals surface area contributed by atoms with Crippen molar-refractivity contribution in [3.8, 4) is 17.2 Å². The molecule has 2 heterocycles. The van der Waals surface area contributed by atoms with Crippen molar-refractivity contribution in [2.75, 3.05) is 32.2 Å². The van der Waals surface area contributed by atoms with Gasteiger partial charge < -0.3 is 19.5 Å². The highest BCUT2D eigenvalue weighted by molar-refractivity contribution is 8.18. The normalized spacial score (nSPS) is 15.9. The van der Waals surface area contributed by atoms with Crippen molar-refractivity contribution >= 4 is 46.7 Å². The highest BCUT2D eigenvalue weighted by atomic mass is 32.2. The van der Waals surface area contributed by atoms with Crippen molar-refractivity contribution in [2.45, 2.75) is 11.8 Å². The number of carbonyl (C=O) groups excluding carboxylic acids is 3. The van der Waals surface area contributed by atoms with Gasteiger partial charge >= 0.3 is 0 Å². The lowest BCUT2D eigenvalue weighted by molar-refractivity contribution is -0.123. The maximum absolute atomic E-state index is 12.6. The van der Waals surface area contributed by atoms with E-state index in [2.05, 4.69) is 5.32 Å². The fraction of sp³-hybridized carbons (Fsp3) is 0.261. The van der Waals surface area contributed by atoms with Crippen LogP contribution in [0.2, 0.25) is 0 Å². The number of nitrogens with one attached hydrogen (secondary N) is 1. The van der Waals surface area contributed by atoms with E-state index in [0.29, 0.717) is 23.0 Å². The standard InChI is InChI=1S/C23H22N2O6S2/c1-2-29-16-4-6-17(7-5-16)32-13-21(26)24-9-10-25-22(27)20(33-23(25)28)12-15-3-8-18-19(11-15)31-14-30-18/h3-8,11-12H,2,9-10,13-14H2,1H3,(H,24,26)/b20-12-. The molecule has 4 rings (SSSR count). The zero-order valence-corrected chi connectivity index (χ0v) is 19.5. The molecule has 1 saturated heterocycles. The molecular formula is C23H22N2O6S2. The number of hydrogen-bond acceptors (Lipinski definition) is 8. The van der Waals surface area contributed by atoms with Crippen LogP contribution in [0.3, 0.4) is 0 Å². The number of benzene rings is 2. The van der Waals surface area contributed by atoms with Gasteiger partial charge in [0.2, 0.25) is 12.7 Å². The molecule has 0 spiro atoms. The molecule has 0 unspecified atom stereocenters. The van der Waals surface area contributed by atoms with Gasteiger partial charge in [-0.15, -0.1) is 11.8 Å². The molecule has 0 atom stereocenters. The minimum absolute atomic E-state index is 0.114. The number of carbonyl (C=O) groups is 3. The summed E-state index contributed by atoms with van der Waals surface area (Å²) < 4.78 is 16.0. The molecule has 8 nitrogen and oxygen atoms in total. The first-order valence-electron chi connectivity index (χ1n) is 10.3. The number of rotatable bonds is 9. The molecule has 0 saturated carbocycles. The largest absolute Gasteiger partial charge is 0.494 e. The Hall–Kier alpha value is -3.11. The van der Waals surface area contributed by atoms with Gasteiger partial charge in [-0.05, 0) is 66.7 Å². The highest BCUT2D eigenvalue weighted by Crippen LogP contribution is 2.36. The summed E-state index contributed by atoms with van der Waals surface area (Å²) in [6, 6.07) is 12.8. The molecule has 2 aliphatic rings. The number of nitrogens with zero attached hydrogens (tertiary/aromatic N) is 1. The molecular weight excluding hydrogens is 464 g/mol. The van der Waals surface area contributed by atoms with Crippen LogP contribution in [-0.2, 0) is 9.59 Å². The van der Waals surface area contributed by atoms with Crippen molar-refractivity contribution < 1.29 is 28.6 Å². The van der Waals surface area contributed by atoms with Crippen LogP contribution in [0.15, 0.2) is 52.3 Å². The first-order chi connectivity index (χ1) is 16.0. The molecule has 1 N–H and O–H groups in total. The van der Waals surface area contributed by atoms with E-state index in [4.69, 9.17) is 14.2 Å². The molecule has 1 fully saturated rings. The van der Waals surface area contributed by atoms with Gasteiger partial charge in [0.05, 0.1) is 17.3 Å². The third kappa shape index (κ3) is 5.82. The van der Waals surface area contributed by atoms with Crippen LogP contribution in [0.1, 0.15) is 12.5 Å². The lowest BCUT2D eigenvalue weighted by Gasteiger charge is -2.13. The van der Waals surface area contributed by atoms with E-state index in [9.17, 15) is 14.4 Å². The molecule has 2 aliphatic heterocycles. The van der Waals surface area contributed by atoms with Crippen LogP contribution >= 0.6 is 23.5 Å². The van der Waals surface area contributed by atoms with E-state index < -0.39 is 0 Å². The smallest absolute Gasteiger partial charge is 0.293 e. The van der Waals surface area contributed by atoms with E-state index in [1.807, 2.05) is 31.2 Å². The average molecular weight is 487 g/mol. The molecule has 3 amide bonds. The minimum Gasteiger partial charge on any atom is -0.494 e. The Labute approximate surface area is 199 Å². The van der Waals surface area contributed by atoms with Gasteiger partial charge in [-0.25, -0.2) is 0 Å². The number of fused-ring (bicyclic) bond motifs is 1. The van der Waals surface area contributed by atoms with Gasteiger partial charge in [-0.2, -0.15) is 0 Å². The zero-order chi connectivity index (χ0) is 23.2. The van der Waals surface area contributed by atoms with E-state index >= 15 is 0 Å². The third-order valence-electron chi connectivity index (χ3n) is 4.73. The summed E-state index contributed by atoms with van der Waals surface area (Å²) in [7, 11) is 0. The summed E-state index contributed by atoms with van der Waals surface area (Å²) in [6.45, 7) is 3.00. The summed E-state index contributed by atoms with van der Waals surface area (Å²) in [5, 5.41) is 2.40. The third-order valence-corrected chi connectivity index (χ3v) is 6.65. The van der Waals surface area contributed by atoms with Crippen molar-refractivity contribution in [1.29, 1.82) is 0 Å². The monoisotopic (exact) mass is 486 g/mol. The van der Waals surface area contributed by atoms with Gasteiger partial charge in [0, 0.05) is 18.0 Å². The van der Waals surface area contributed by atoms with Crippen molar-refractivity contribution in [3.05, 3.63) is 52.9 Å². The number of ether oxygens (including phenoxy) is 3. The predicted octanol–water partition coefficient (Wildman–Crippen LogP) is 3.76. The van der Waals surface area contributed by atoms with E-state index in [1.165, 1.54) is 11.8 Å². The lowest BCUT2D eigenvalue weighted by atomic mass is 10.2. The van der Waals surface area contributed by atoms with Crippen LogP contribution in [0.5, 0.6) is 17.2 Å². The SMILES string of the molecule is CCOc1ccc(SCC(=O)NCCN2C(=O)S/C(=C\c3ccc4c(c3)OCO4)C2=O)cc1. The Morgan fingerprint density at radius 1 is 1.18 bits per heavy atom. The van der Waals surface area contributed by atoms with E-state index in [-0.39, 0.29) is 42.7 Å². The maximum atomic E-state index is 12.6. The molecule has 33 heavy (non-hydrogen) atoms. The average Bonchev–Trinajstić information content (AvgIpc) is 3.38. The zero-order valence-electron chi connectivity index (χ0n) is 17.9. The molecule has 0 aliphatic carbocycles. The summed E-state index contributed by atoms with van der Waals surface area (Å²) in [5.74, 6) is 1.74. The second-order valence-electron chi connectivity index (χ2n) is 6.99. The fourth-order valence-electron chi connectivity index (χ4n) is 3.15. The van der Waals surface area contributed by atoms with Crippen molar-refractivity contribution in [2.24, 2.45) is 0 Å². The Kier molecular flexibility index (Phi) is 7.46. The van der Waals surface area contributed by atoms with Crippen molar-refractivity contribution in [3.63, 3.8) is 0 Å². The van der Waals surface area contributed by atoms with E-state index in [0.717, 1.165) is 32.9 Å². The molecule has 2 aromatic rings. The van der Waals surface area contributed by atoms with E-state index in [1.54, 1.807) is 24.3 Å². The molecule has 0 bridgehead atoms. The predicted molar refractivity (Wildman–Crippen MR) is 127 cm³/mol. The van der Waals surface area contributed by atoms with Gasteiger partial charge in [-0.3, -0.25) is 19.3 Å². The van der Waals surface area contributed by atoms with Crippen LogP contribution < -0.4 is 19.5 Å². The Bertz CT molecular complexity index is 1090. The molecule has 0 radical (unpaired) electrons. The minimum atomic E-state index is -0.374. The number of thioether (sulfide) groups is 2. The maximum Gasteiger partial charge on any atom is 0.293 e. The number of amides is 3.